The van der Waals surface area contributed by atoms with Crippen molar-refractivity contribution in [3.63, 3.8) is 0 Å². The third kappa shape index (κ3) is 6.64. The molecule has 2 atom stereocenters. The fourth-order valence-corrected chi connectivity index (χ4v) is 4.17. The molecule has 174 valence electrons. The summed E-state index contributed by atoms with van der Waals surface area (Å²) in [5.41, 5.74) is 1.74. The average molecular weight is 489 g/mol. The lowest BCUT2D eigenvalue weighted by Gasteiger charge is -2.21. The minimum absolute atomic E-state index is 0.0677. The maximum absolute atomic E-state index is 12.3. The zero-order valence-electron chi connectivity index (χ0n) is 18.1. The Hall–Kier alpha value is -2.72. The number of anilines is 1. The van der Waals surface area contributed by atoms with Crippen molar-refractivity contribution in [2.45, 2.75) is 25.6 Å². The molecule has 2 heterocycles. The number of nitrogens with zero attached hydrogens (tertiary/aromatic N) is 3. The van der Waals surface area contributed by atoms with Crippen LogP contribution in [0.5, 0.6) is 11.5 Å². The molecule has 33 heavy (non-hydrogen) atoms. The lowest BCUT2D eigenvalue weighted by molar-refractivity contribution is 0.0722. The van der Waals surface area contributed by atoms with Gasteiger partial charge in [0.1, 0.15) is 30.3 Å². The van der Waals surface area contributed by atoms with Crippen LogP contribution in [-0.4, -0.2) is 63.9 Å². The number of aromatic nitrogens is 2. The highest BCUT2D eigenvalue weighted by molar-refractivity contribution is 7.03. The van der Waals surface area contributed by atoms with Crippen molar-refractivity contribution in [2.75, 3.05) is 31.6 Å². The summed E-state index contributed by atoms with van der Waals surface area (Å²) in [7, 11) is 0. The summed E-state index contributed by atoms with van der Waals surface area (Å²) in [6.07, 6.45) is 0.264. The molecule has 0 bridgehead atoms. The van der Waals surface area contributed by atoms with E-state index in [1.807, 2.05) is 31.2 Å². The van der Waals surface area contributed by atoms with E-state index in [1.165, 1.54) is 0 Å². The van der Waals surface area contributed by atoms with Gasteiger partial charge in [-0.05, 0) is 66.8 Å². The first-order valence-electron chi connectivity index (χ1n) is 10.6. The Kier molecular flexibility index (Phi) is 7.77. The van der Waals surface area contributed by atoms with Crippen LogP contribution in [0.2, 0.25) is 5.02 Å². The van der Waals surface area contributed by atoms with E-state index >= 15 is 0 Å². The van der Waals surface area contributed by atoms with E-state index < -0.39 is 6.10 Å². The van der Waals surface area contributed by atoms with E-state index in [9.17, 15) is 9.90 Å². The molecule has 10 heteroatoms. The lowest BCUT2D eigenvalue weighted by Crippen LogP contribution is -2.35. The quantitative estimate of drug-likeness (QED) is 0.474. The minimum atomic E-state index is -0.689. The van der Waals surface area contributed by atoms with Crippen molar-refractivity contribution < 1.29 is 19.4 Å². The number of halogens is 1. The fraction of sp³-hybridized carbons (Fsp3) is 0.348. The van der Waals surface area contributed by atoms with E-state index in [-0.39, 0.29) is 24.3 Å². The first-order valence-corrected chi connectivity index (χ1v) is 11.8. The van der Waals surface area contributed by atoms with Crippen molar-refractivity contribution in [3.05, 3.63) is 64.1 Å². The topological polar surface area (TPSA) is 96.8 Å². The van der Waals surface area contributed by atoms with Crippen LogP contribution in [0.3, 0.4) is 0 Å². The van der Waals surface area contributed by atoms with Crippen molar-refractivity contribution >= 4 is 34.7 Å². The molecule has 3 aromatic rings. The summed E-state index contributed by atoms with van der Waals surface area (Å²) in [6.45, 7) is 4.07. The molecule has 1 aromatic heterocycles. The second-order valence-corrected chi connectivity index (χ2v) is 9.00. The standard InChI is InChI=1S/C23H25ClN4O4S/c1-15-2-7-20(25-23(30)21-14-33-27-26-21)22(10-15)31-13-17(29)11-28-9-8-19(12-28)32-18-5-3-16(24)4-6-18/h2-7,10,14,17,19,29H,8-9,11-13H2,1H3,(H,25,30). The van der Waals surface area contributed by atoms with Crippen molar-refractivity contribution in [3.8, 4) is 11.5 Å². The normalized spacial score (nSPS) is 17.0. The Morgan fingerprint density at radius 3 is 2.91 bits per heavy atom. The van der Waals surface area contributed by atoms with Gasteiger partial charge >= 0.3 is 0 Å². The molecule has 8 nitrogen and oxygen atoms in total. The highest BCUT2D eigenvalue weighted by atomic mass is 35.5. The molecule has 0 saturated carbocycles. The van der Waals surface area contributed by atoms with E-state index in [4.69, 9.17) is 21.1 Å². The number of carbonyl (C=O) groups is 1. The van der Waals surface area contributed by atoms with Gasteiger partial charge in [-0.1, -0.05) is 22.2 Å². The number of likely N-dealkylation sites (tertiary alicyclic amines) is 1. The molecule has 2 N–H and O–H groups in total. The van der Waals surface area contributed by atoms with Crippen LogP contribution in [0.25, 0.3) is 0 Å². The Morgan fingerprint density at radius 2 is 2.15 bits per heavy atom. The lowest BCUT2D eigenvalue weighted by atomic mass is 10.2. The van der Waals surface area contributed by atoms with Crippen molar-refractivity contribution in [1.82, 2.24) is 14.5 Å². The molecular weight excluding hydrogens is 464 g/mol. The second kappa shape index (κ2) is 10.9. The predicted molar refractivity (Wildman–Crippen MR) is 127 cm³/mol. The van der Waals surface area contributed by atoms with Crippen LogP contribution in [0.1, 0.15) is 22.5 Å². The third-order valence-electron chi connectivity index (χ3n) is 5.22. The number of amides is 1. The monoisotopic (exact) mass is 488 g/mol. The number of aryl methyl sites for hydroxylation is 1. The Balaban J connectivity index is 1.27. The van der Waals surface area contributed by atoms with Gasteiger partial charge in [-0.25, -0.2) is 0 Å². The highest BCUT2D eigenvalue weighted by Crippen LogP contribution is 2.27. The number of hydrogen-bond acceptors (Lipinski definition) is 8. The third-order valence-corrected chi connectivity index (χ3v) is 5.98. The molecule has 0 aliphatic carbocycles. The van der Waals surface area contributed by atoms with Gasteiger partial charge in [0.05, 0.1) is 5.69 Å². The summed E-state index contributed by atoms with van der Waals surface area (Å²) in [6, 6.07) is 12.8. The number of β-amino-alcohol motifs (C(OH)–C–C–N with tert-alkyl or cyclic N) is 1. The van der Waals surface area contributed by atoms with Crippen molar-refractivity contribution in [1.29, 1.82) is 0 Å². The van der Waals surface area contributed by atoms with E-state index in [2.05, 4.69) is 19.8 Å². The van der Waals surface area contributed by atoms with Gasteiger partial charge in [-0.3, -0.25) is 9.69 Å². The van der Waals surface area contributed by atoms with Crippen LogP contribution in [0, 0.1) is 6.92 Å². The number of carbonyl (C=O) groups excluding carboxylic acids is 1. The molecule has 1 fully saturated rings. The minimum Gasteiger partial charge on any atom is -0.489 e. The van der Waals surface area contributed by atoms with Gasteiger partial charge in [0, 0.05) is 30.0 Å². The predicted octanol–water partition coefficient (Wildman–Crippen LogP) is 3.65. The number of hydrogen-bond donors (Lipinski definition) is 2. The van der Waals surface area contributed by atoms with Gasteiger partial charge in [-0.15, -0.1) is 5.10 Å². The smallest absolute Gasteiger partial charge is 0.277 e. The number of nitrogens with one attached hydrogen (secondary N) is 1. The summed E-state index contributed by atoms with van der Waals surface area (Å²) < 4.78 is 15.6. The zero-order chi connectivity index (χ0) is 23.2. The number of ether oxygens (including phenoxy) is 2. The number of benzene rings is 2. The summed E-state index contributed by atoms with van der Waals surface area (Å²) >= 11 is 7.03. The molecule has 1 aliphatic rings. The second-order valence-electron chi connectivity index (χ2n) is 7.95. The van der Waals surface area contributed by atoms with Crippen LogP contribution >= 0.6 is 23.1 Å². The molecule has 1 aliphatic heterocycles. The molecule has 0 radical (unpaired) electrons. The zero-order valence-corrected chi connectivity index (χ0v) is 19.7. The van der Waals surface area contributed by atoms with Crippen LogP contribution < -0.4 is 14.8 Å². The average Bonchev–Trinajstić information content (AvgIpc) is 3.48. The summed E-state index contributed by atoms with van der Waals surface area (Å²) in [4.78, 5) is 14.5. The molecule has 1 amide bonds. The first kappa shape index (κ1) is 23.4. The molecule has 4 rings (SSSR count). The van der Waals surface area contributed by atoms with Gasteiger partial charge in [0.2, 0.25) is 0 Å². The first-order chi connectivity index (χ1) is 16.0. The molecule has 0 spiro atoms. The molecule has 2 aromatic carbocycles. The number of aliphatic hydroxyl groups excluding tert-OH is 1. The largest absolute Gasteiger partial charge is 0.489 e. The van der Waals surface area contributed by atoms with E-state index in [0.29, 0.717) is 23.0 Å². The maximum Gasteiger partial charge on any atom is 0.277 e. The SMILES string of the molecule is Cc1ccc(NC(=O)c2csnn2)c(OCC(O)CN2CCC(Oc3ccc(Cl)cc3)C2)c1. The van der Waals surface area contributed by atoms with Crippen LogP contribution in [0.15, 0.2) is 47.8 Å². The molecular formula is C23H25ClN4O4S. The number of rotatable bonds is 9. The molecule has 1 saturated heterocycles. The van der Waals surface area contributed by atoms with Crippen LogP contribution in [0.4, 0.5) is 5.69 Å². The van der Waals surface area contributed by atoms with E-state index in [0.717, 1.165) is 42.4 Å². The maximum atomic E-state index is 12.3. The van der Waals surface area contributed by atoms with Crippen molar-refractivity contribution in [2.24, 2.45) is 0 Å². The highest BCUT2D eigenvalue weighted by Gasteiger charge is 2.26. The van der Waals surface area contributed by atoms with Gasteiger partial charge in [0.25, 0.3) is 5.91 Å². The Labute approximate surface area is 201 Å². The Bertz CT molecular complexity index is 1060. The summed E-state index contributed by atoms with van der Waals surface area (Å²) in [5.74, 6) is 0.926. The molecule has 2 unspecified atom stereocenters. The fourth-order valence-electron chi connectivity index (χ4n) is 3.60. The summed E-state index contributed by atoms with van der Waals surface area (Å²) in [5, 5.41) is 19.4. The van der Waals surface area contributed by atoms with Gasteiger partial charge in [0.15, 0.2) is 5.69 Å². The van der Waals surface area contributed by atoms with Gasteiger partial charge < -0.3 is 19.9 Å². The number of aliphatic hydroxyl groups is 1. The van der Waals surface area contributed by atoms with Gasteiger partial charge in [-0.2, -0.15) is 0 Å². The van der Waals surface area contributed by atoms with E-state index in [1.54, 1.807) is 23.6 Å². The Morgan fingerprint density at radius 1 is 1.33 bits per heavy atom. The van der Waals surface area contributed by atoms with Crippen LogP contribution in [-0.2, 0) is 0 Å².